The van der Waals surface area contributed by atoms with Crippen LogP contribution < -0.4 is 5.32 Å². The average Bonchev–Trinajstić information content (AvgIpc) is 1.90. The maximum atomic E-state index is 4.00. The first-order valence-electron chi connectivity index (χ1n) is 2.78. The summed E-state index contributed by atoms with van der Waals surface area (Å²) in [6.07, 6.45) is 5.20. The number of hydrogen-bond donors (Lipinski definition) is 1. The normalized spacial score (nSPS) is 23.4. The van der Waals surface area contributed by atoms with Gasteiger partial charge in [0.15, 0.2) is 0 Å². The Kier molecular flexibility index (Phi) is 1.67. The van der Waals surface area contributed by atoms with Gasteiger partial charge in [-0.05, 0) is 0 Å². The van der Waals surface area contributed by atoms with Gasteiger partial charge in [0.2, 0.25) is 0 Å². The minimum absolute atomic E-state index is 0.937. The molecule has 0 saturated carbocycles. The van der Waals surface area contributed by atoms with E-state index >= 15 is 0 Å². The lowest BCUT2D eigenvalue weighted by Gasteiger charge is -2.07. The predicted octanol–water partition coefficient (Wildman–Crippen LogP) is 0.564. The van der Waals surface area contributed by atoms with E-state index in [1.165, 1.54) is 0 Å². The Balaban J connectivity index is 2.50. The molecule has 1 heterocycles. The number of rotatable bonds is 0. The molecule has 0 amide bonds. The van der Waals surface area contributed by atoms with Gasteiger partial charge in [-0.1, -0.05) is 12.2 Å². The van der Waals surface area contributed by atoms with Gasteiger partial charge in [0.1, 0.15) is 0 Å². The molecule has 0 unspecified atom stereocenters. The second kappa shape index (κ2) is 2.50. The lowest BCUT2D eigenvalue weighted by molar-refractivity contribution is 0.973. The fourth-order valence-corrected chi connectivity index (χ4v) is 0.698. The van der Waals surface area contributed by atoms with Gasteiger partial charge in [-0.15, -0.1) is 0 Å². The summed E-state index contributed by atoms with van der Waals surface area (Å²) < 4.78 is 0. The minimum atomic E-state index is 0.937. The van der Waals surface area contributed by atoms with Crippen molar-refractivity contribution in [2.45, 2.75) is 6.42 Å². The van der Waals surface area contributed by atoms with E-state index in [4.69, 9.17) is 0 Å². The molecule has 1 aliphatic heterocycles. The Bertz CT molecular complexity index is 124. The van der Waals surface area contributed by atoms with Crippen molar-refractivity contribution in [2.75, 3.05) is 13.6 Å². The molecule has 0 atom stereocenters. The van der Waals surface area contributed by atoms with Gasteiger partial charge in [-0.25, -0.2) is 0 Å². The molecule has 8 heavy (non-hydrogen) atoms. The Morgan fingerprint density at radius 2 is 2.50 bits per heavy atom. The number of hydrogen-bond acceptors (Lipinski definition) is 1. The standard InChI is InChI=1S/C6H10N2/c1-7-6-4-2-3-5-8-6/h2-3H,4-5H2,1H3,(H,7,8). The van der Waals surface area contributed by atoms with Crippen LogP contribution in [0.4, 0.5) is 0 Å². The van der Waals surface area contributed by atoms with Crippen LogP contribution in [0.3, 0.4) is 0 Å². The van der Waals surface area contributed by atoms with Crippen LogP contribution in [0.25, 0.3) is 0 Å². The summed E-state index contributed by atoms with van der Waals surface area (Å²) in [7, 11) is 1.81. The molecule has 2 heteroatoms. The van der Waals surface area contributed by atoms with Gasteiger partial charge < -0.3 is 5.32 Å². The summed E-state index contributed by atoms with van der Waals surface area (Å²) in [5.41, 5.74) is 0. The molecule has 0 aromatic rings. The van der Waals surface area contributed by atoms with Crippen LogP contribution in [0.2, 0.25) is 0 Å². The van der Waals surface area contributed by atoms with Crippen LogP contribution in [0, 0.1) is 0 Å². The van der Waals surface area contributed by atoms with Crippen molar-refractivity contribution in [3.63, 3.8) is 0 Å². The minimum Gasteiger partial charge on any atom is -0.370 e. The van der Waals surface area contributed by atoms with Gasteiger partial charge in [-0.3, -0.25) is 4.99 Å². The molecule has 0 aromatic carbocycles. The monoisotopic (exact) mass is 110 g/mol. The zero-order valence-electron chi connectivity index (χ0n) is 5.02. The Morgan fingerprint density at radius 1 is 1.62 bits per heavy atom. The van der Waals surface area contributed by atoms with Crippen molar-refractivity contribution in [2.24, 2.45) is 4.99 Å². The number of nitrogens with zero attached hydrogens (tertiary/aromatic N) is 1. The van der Waals surface area contributed by atoms with Gasteiger partial charge in [0, 0.05) is 20.0 Å². The fourth-order valence-electron chi connectivity index (χ4n) is 0.698. The molecule has 0 spiro atoms. The van der Waals surface area contributed by atoms with E-state index in [2.05, 4.69) is 22.5 Å². The zero-order valence-corrected chi connectivity index (χ0v) is 5.02. The van der Waals surface area contributed by atoms with Gasteiger partial charge in [0.25, 0.3) is 0 Å². The molecule has 0 fully saturated rings. The highest BCUT2D eigenvalue weighted by atomic mass is 15.0. The van der Waals surface area contributed by atoms with Crippen molar-refractivity contribution >= 4 is 5.84 Å². The van der Waals surface area contributed by atoms with Crippen LogP contribution >= 0.6 is 0 Å². The molecular weight excluding hydrogens is 100 g/mol. The first-order valence-corrected chi connectivity index (χ1v) is 2.78. The van der Waals surface area contributed by atoms with Crippen molar-refractivity contribution in [3.05, 3.63) is 12.2 Å². The quantitative estimate of drug-likeness (QED) is 0.453. The highest BCUT2D eigenvalue weighted by Crippen LogP contribution is 1.90. The van der Waals surface area contributed by atoms with E-state index in [0.29, 0.717) is 0 Å². The fraction of sp³-hybridized carbons (Fsp3) is 0.500. The predicted molar refractivity (Wildman–Crippen MR) is 35.1 cm³/mol. The molecule has 0 aromatic heterocycles. The van der Waals surface area contributed by atoms with Crippen LogP contribution in [0.5, 0.6) is 0 Å². The molecule has 1 rings (SSSR count). The third-order valence-electron chi connectivity index (χ3n) is 1.17. The molecule has 1 N–H and O–H groups in total. The van der Waals surface area contributed by atoms with E-state index < -0.39 is 0 Å². The van der Waals surface area contributed by atoms with E-state index in [1.807, 2.05) is 7.05 Å². The van der Waals surface area contributed by atoms with Gasteiger partial charge in [-0.2, -0.15) is 0 Å². The van der Waals surface area contributed by atoms with Crippen LogP contribution in [-0.2, 0) is 0 Å². The second-order valence-corrected chi connectivity index (χ2v) is 1.73. The molecule has 0 bridgehead atoms. The number of aliphatic imine (C=N–C) groups is 1. The maximum Gasteiger partial charge on any atom is 0.1000 e. The lowest BCUT2D eigenvalue weighted by Crippen LogP contribution is -2.25. The van der Waals surface area contributed by atoms with E-state index in [0.717, 1.165) is 18.8 Å². The van der Waals surface area contributed by atoms with E-state index in [1.54, 1.807) is 0 Å². The van der Waals surface area contributed by atoms with Gasteiger partial charge >= 0.3 is 0 Å². The molecule has 0 radical (unpaired) electrons. The van der Waals surface area contributed by atoms with E-state index in [-0.39, 0.29) is 0 Å². The zero-order chi connectivity index (χ0) is 5.82. The summed E-state index contributed by atoms with van der Waals surface area (Å²) in [6, 6.07) is 0. The highest BCUT2D eigenvalue weighted by Gasteiger charge is 1.95. The summed E-state index contributed by atoms with van der Waals surface area (Å²) in [6.45, 7) is 0.937. The van der Waals surface area contributed by atoms with Crippen LogP contribution in [0.1, 0.15) is 6.42 Å². The SMILES string of the molecule is CN=C1CC=CCN1. The highest BCUT2D eigenvalue weighted by molar-refractivity contribution is 5.84. The first-order chi connectivity index (χ1) is 3.93. The van der Waals surface area contributed by atoms with Gasteiger partial charge in [0.05, 0.1) is 5.84 Å². The van der Waals surface area contributed by atoms with Crippen molar-refractivity contribution in [1.29, 1.82) is 0 Å². The summed E-state index contributed by atoms with van der Waals surface area (Å²) in [5, 5.41) is 3.13. The van der Waals surface area contributed by atoms with Crippen LogP contribution in [-0.4, -0.2) is 19.4 Å². The number of nitrogens with one attached hydrogen (secondary N) is 1. The Hall–Kier alpha value is -0.790. The lowest BCUT2D eigenvalue weighted by atomic mass is 10.3. The molecule has 2 nitrogen and oxygen atoms in total. The molecule has 0 saturated heterocycles. The molecule has 1 aliphatic rings. The molecule has 0 aliphatic carbocycles. The Labute approximate surface area is 49.3 Å². The number of amidine groups is 1. The largest absolute Gasteiger partial charge is 0.370 e. The van der Waals surface area contributed by atoms with Crippen LogP contribution in [0.15, 0.2) is 17.1 Å². The maximum absolute atomic E-state index is 4.00. The first kappa shape index (κ1) is 5.35. The molecule has 44 valence electrons. The smallest absolute Gasteiger partial charge is 0.1000 e. The second-order valence-electron chi connectivity index (χ2n) is 1.73. The van der Waals surface area contributed by atoms with Crippen molar-refractivity contribution in [3.8, 4) is 0 Å². The molecular formula is C6H10N2. The van der Waals surface area contributed by atoms with Crippen molar-refractivity contribution in [1.82, 2.24) is 5.32 Å². The van der Waals surface area contributed by atoms with E-state index in [9.17, 15) is 0 Å². The Morgan fingerprint density at radius 3 is 2.88 bits per heavy atom. The van der Waals surface area contributed by atoms with Crippen molar-refractivity contribution < 1.29 is 0 Å². The summed E-state index contributed by atoms with van der Waals surface area (Å²) >= 11 is 0. The topological polar surface area (TPSA) is 24.4 Å². The third kappa shape index (κ3) is 1.09. The summed E-state index contributed by atoms with van der Waals surface area (Å²) in [4.78, 5) is 4.00. The average molecular weight is 110 g/mol. The summed E-state index contributed by atoms with van der Waals surface area (Å²) in [5.74, 6) is 1.09. The third-order valence-corrected chi connectivity index (χ3v) is 1.17.